The minimum atomic E-state index is -2.86. The normalized spacial score (nSPS) is 19.8. The zero-order chi connectivity index (χ0) is 19.9. The van der Waals surface area contributed by atoms with E-state index in [1.165, 1.54) is 31.0 Å². The van der Waals surface area contributed by atoms with E-state index in [0.717, 1.165) is 12.1 Å². The Hall–Kier alpha value is -2.91. The molecule has 2 atom stereocenters. The molecule has 0 spiro atoms. The van der Waals surface area contributed by atoms with Crippen molar-refractivity contribution in [3.8, 4) is 0 Å². The van der Waals surface area contributed by atoms with Crippen molar-refractivity contribution in [3.63, 3.8) is 0 Å². The third kappa shape index (κ3) is 3.38. The highest BCUT2D eigenvalue weighted by molar-refractivity contribution is 6.08. The van der Waals surface area contributed by atoms with E-state index in [4.69, 9.17) is 0 Å². The van der Waals surface area contributed by atoms with E-state index in [0.29, 0.717) is 4.68 Å². The Labute approximate surface area is 151 Å². The number of carbonyl (C=O) groups is 2. The van der Waals surface area contributed by atoms with Gasteiger partial charge in [0.25, 0.3) is 0 Å². The zero-order valence-corrected chi connectivity index (χ0v) is 14.4. The second-order valence-electron chi connectivity index (χ2n) is 6.33. The molecule has 2 unspecified atom stereocenters. The number of nitrogens with zero attached hydrogens (tertiary/aromatic N) is 3. The van der Waals surface area contributed by atoms with Gasteiger partial charge in [0.2, 0.25) is 11.8 Å². The second-order valence-corrected chi connectivity index (χ2v) is 6.33. The van der Waals surface area contributed by atoms with E-state index in [1.54, 1.807) is 0 Å². The van der Waals surface area contributed by atoms with Gasteiger partial charge < -0.3 is 10.2 Å². The number of aryl methyl sites for hydroxylation is 1. The number of hydrogen-bond acceptors (Lipinski definition) is 3. The molecule has 27 heavy (non-hydrogen) atoms. The summed E-state index contributed by atoms with van der Waals surface area (Å²) in [5.41, 5.74) is -0.0712. The molecule has 1 saturated heterocycles. The van der Waals surface area contributed by atoms with Crippen LogP contribution in [0.1, 0.15) is 23.9 Å². The first-order chi connectivity index (χ1) is 12.7. The van der Waals surface area contributed by atoms with Crippen molar-refractivity contribution >= 4 is 17.5 Å². The number of aromatic nitrogens is 2. The van der Waals surface area contributed by atoms with Gasteiger partial charge in [0.1, 0.15) is 5.92 Å². The molecule has 1 N–H and O–H groups in total. The number of amides is 2. The highest BCUT2D eigenvalue weighted by Crippen LogP contribution is 2.34. The molecule has 0 bridgehead atoms. The fourth-order valence-electron chi connectivity index (χ4n) is 3.16. The van der Waals surface area contributed by atoms with Gasteiger partial charge in [0, 0.05) is 25.2 Å². The molecule has 10 heteroatoms. The number of hydrogen-bond donors (Lipinski definition) is 1. The molecular formula is C17H16F4N4O2. The standard InChI is InChI=1S/C17H16F4N4O2/c1-8-6-12(23-25(8)17(20)21)9-7-24(2)16(27)13(9)15(26)22-11-5-3-4-10(18)14(11)19/h3-6,9,13,17H,7H2,1-2H3,(H,22,26). The van der Waals surface area contributed by atoms with Gasteiger partial charge in [-0.25, -0.2) is 13.5 Å². The predicted octanol–water partition coefficient (Wildman–Crippen LogP) is 2.68. The van der Waals surface area contributed by atoms with Crippen LogP contribution in [0, 0.1) is 24.5 Å². The van der Waals surface area contributed by atoms with Crippen LogP contribution in [-0.2, 0) is 9.59 Å². The van der Waals surface area contributed by atoms with E-state index < -0.39 is 47.5 Å². The summed E-state index contributed by atoms with van der Waals surface area (Å²) in [6.07, 6.45) is 0. The van der Waals surface area contributed by atoms with E-state index >= 15 is 0 Å². The molecule has 0 aliphatic carbocycles. The van der Waals surface area contributed by atoms with Gasteiger partial charge in [0.15, 0.2) is 11.6 Å². The molecular weight excluding hydrogens is 368 g/mol. The highest BCUT2D eigenvalue weighted by Gasteiger charge is 2.45. The molecule has 2 aromatic rings. The van der Waals surface area contributed by atoms with Crippen LogP contribution >= 0.6 is 0 Å². The minimum Gasteiger partial charge on any atom is -0.344 e. The summed E-state index contributed by atoms with van der Waals surface area (Å²) in [6.45, 7) is -1.34. The Morgan fingerprint density at radius 3 is 2.67 bits per heavy atom. The first kappa shape index (κ1) is 18.9. The van der Waals surface area contributed by atoms with Crippen molar-refractivity contribution in [2.75, 3.05) is 18.9 Å². The number of likely N-dealkylation sites (N-methyl/N-ethyl adjacent to an activating group) is 1. The van der Waals surface area contributed by atoms with Crippen molar-refractivity contribution in [3.05, 3.63) is 47.3 Å². The highest BCUT2D eigenvalue weighted by atomic mass is 19.3. The molecule has 1 aliphatic rings. The van der Waals surface area contributed by atoms with Gasteiger partial charge in [0.05, 0.1) is 11.4 Å². The van der Waals surface area contributed by atoms with Crippen molar-refractivity contribution in [2.24, 2.45) is 5.92 Å². The molecule has 1 fully saturated rings. The largest absolute Gasteiger partial charge is 0.344 e. The Balaban J connectivity index is 1.91. The molecule has 144 valence electrons. The van der Waals surface area contributed by atoms with Crippen LogP contribution in [0.4, 0.5) is 23.2 Å². The predicted molar refractivity (Wildman–Crippen MR) is 87.1 cm³/mol. The minimum absolute atomic E-state index is 0.0856. The van der Waals surface area contributed by atoms with Gasteiger partial charge in [-0.2, -0.15) is 13.9 Å². The Morgan fingerprint density at radius 2 is 2.04 bits per heavy atom. The van der Waals surface area contributed by atoms with Crippen LogP contribution in [0.3, 0.4) is 0 Å². The van der Waals surface area contributed by atoms with Crippen LogP contribution in [0.5, 0.6) is 0 Å². The molecule has 1 aromatic heterocycles. The molecule has 1 aromatic carbocycles. The number of anilines is 1. The van der Waals surface area contributed by atoms with Crippen molar-refractivity contribution in [2.45, 2.75) is 19.4 Å². The van der Waals surface area contributed by atoms with Crippen LogP contribution in [0.2, 0.25) is 0 Å². The van der Waals surface area contributed by atoms with Crippen LogP contribution < -0.4 is 5.32 Å². The monoisotopic (exact) mass is 384 g/mol. The average molecular weight is 384 g/mol. The lowest BCUT2D eigenvalue weighted by Gasteiger charge is -2.15. The van der Waals surface area contributed by atoms with Gasteiger partial charge in [-0.1, -0.05) is 6.07 Å². The summed E-state index contributed by atoms with van der Waals surface area (Å²) < 4.78 is 53.6. The van der Waals surface area contributed by atoms with Crippen molar-refractivity contribution < 1.29 is 27.2 Å². The Bertz CT molecular complexity index is 899. The number of halogens is 4. The number of likely N-dealkylation sites (tertiary alicyclic amines) is 1. The van der Waals surface area contributed by atoms with E-state index in [9.17, 15) is 27.2 Å². The molecule has 1 aliphatic heterocycles. The summed E-state index contributed by atoms with van der Waals surface area (Å²) in [5.74, 6) is -5.90. The maximum Gasteiger partial charge on any atom is 0.333 e. The summed E-state index contributed by atoms with van der Waals surface area (Å²) in [4.78, 5) is 26.3. The van der Waals surface area contributed by atoms with E-state index in [1.807, 2.05) is 0 Å². The fourth-order valence-corrected chi connectivity index (χ4v) is 3.16. The number of carbonyl (C=O) groups excluding carboxylic acids is 2. The molecule has 2 amide bonds. The van der Waals surface area contributed by atoms with E-state index in [-0.39, 0.29) is 17.9 Å². The van der Waals surface area contributed by atoms with Gasteiger partial charge in [-0.05, 0) is 25.1 Å². The summed E-state index contributed by atoms with van der Waals surface area (Å²) in [5, 5.41) is 6.01. The van der Waals surface area contributed by atoms with E-state index in [2.05, 4.69) is 10.4 Å². The molecule has 0 saturated carbocycles. The third-order valence-corrected chi connectivity index (χ3v) is 4.51. The topological polar surface area (TPSA) is 67.2 Å². The lowest BCUT2D eigenvalue weighted by atomic mass is 9.91. The summed E-state index contributed by atoms with van der Waals surface area (Å²) in [6, 6.07) is 4.64. The smallest absolute Gasteiger partial charge is 0.333 e. The number of alkyl halides is 2. The first-order valence-electron chi connectivity index (χ1n) is 8.04. The maximum atomic E-state index is 13.8. The van der Waals surface area contributed by atoms with Crippen molar-refractivity contribution in [1.82, 2.24) is 14.7 Å². The maximum absolute atomic E-state index is 13.8. The SMILES string of the molecule is Cc1cc(C2CN(C)C(=O)C2C(=O)Nc2cccc(F)c2F)nn1C(F)F. The van der Waals surface area contributed by atoms with Crippen molar-refractivity contribution in [1.29, 1.82) is 0 Å². The average Bonchev–Trinajstić information content (AvgIpc) is 3.12. The second kappa shape index (κ2) is 7.01. The third-order valence-electron chi connectivity index (χ3n) is 4.51. The number of benzene rings is 1. The fraction of sp³-hybridized carbons (Fsp3) is 0.353. The van der Waals surface area contributed by atoms with Crippen LogP contribution in [0.25, 0.3) is 0 Å². The Kier molecular flexibility index (Phi) is 4.90. The van der Waals surface area contributed by atoms with Gasteiger partial charge in [-0.3, -0.25) is 9.59 Å². The molecule has 3 rings (SSSR count). The summed E-state index contributed by atoms with van der Waals surface area (Å²) in [7, 11) is 1.46. The zero-order valence-electron chi connectivity index (χ0n) is 14.4. The van der Waals surface area contributed by atoms with Gasteiger partial charge in [-0.15, -0.1) is 0 Å². The molecule has 2 heterocycles. The van der Waals surface area contributed by atoms with Gasteiger partial charge >= 0.3 is 6.55 Å². The number of nitrogens with one attached hydrogen (secondary N) is 1. The quantitative estimate of drug-likeness (QED) is 0.651. The lowest BCUT2D eigenvalue weighted by Crippen LogP contribution is -2.33. The lowest BCUT2D eigenvalue weighted by molar-refractivity contribution is -0.135. The molecule has 6 nitrogen and oxygen atoms in total. The summed E-state index contributed by atoms with van der Waals surface area (Å²) >= 11 is 0. The van der Waals surface area contributed by atoms with Crippen LogP contribution in [0.15, 0.2) is 24.3 Å². The van der Waals surface area contributed by atoms with Crippen LogP contribution in [-0.4, -0.2) is 40.1 Å². The molecule has 0 radical (unpaired) electrons. The first-order valence-corrected chi connectivity index (χ1v) is 8.04. The Morgan fingerprint density at radius 1 is 1.33 bits per heavy atom. The number of rotatable bonds is 4.